The molecule has 0 radical (unpaired) electrons. The SMILES string of the molecule is CCCCOc1cccc(-n2cc(C(=O)N(CC)c3cc(F)cc(F)c3)c(=O)c3ccc(OCCCCCCCC[n+]4ccccc4)cc32)c1.[Br-]. The summed E-state index contributed by atoms with van der Waals surface area (Å²) in [5.74, 6) is -1.01. The van der Waals surface area contributed by atoms with Gasteiger partial charge in [0.05, 0.1) is 18.7 Å². The molecule has 3 aromatic carbocycles. The minimum atomic E-state index is -0.812. The Morgan fingerprint density at radius 3 is 2.14 bits per heavy atom. The molecule has 270 valence electrons. The van der Waals surface area contributed by atoms with Gasteiger partial charge in [0.2, 0.25) is 5.43 Å². The van der Waals surface area contributed by atoms with E-state index in [9.17, 15) is 18.4 Å². The number of halogens is 3. The minimum absolute atomic E-state index is 0. The van der Waals surface area contributed by atoms with Crippen LogP contribution in [0.4, 0.5) is 14.5 Å². The van der Waals surface area contributed by atoms with Crippen LogP contribution in [0.3, 0.4) is 0 Å². The number of hydrogen-bond acceptors (Lipinski definition) is 4. The molecule has 0 saturated heterocycles. The van der Waals surface area contributed by atoms with Gasteiger partial charge in [-0.3, -0.25) is 9.59 Å². The van der Waals surface area contributed by atoms with Crippen molar-refractivity contribution in [3.05, 3.63) is 125 Å². The Morgan fingerprint density at radius 2 is 1.43 bits per heavy atom. The first-order valence-electron chi connectivity index (χ1n) is 17.7. The molecule has 0 aliphatic rings. The third-order valence-electron chi connectivity index (χ3n) is 8.65. The van der Waals surface area contributed by atoms with E-state index in [0.29, 0.717) is 41.3 Å². The number of aromatic nitrogens is 2. The quantitative estimate of drug-likeness (QED) is 0.0834. The number of pyridine rings is 2. The summed E-state index contributed by atoms with van der Waals surface area (Å²) in [5, 5.41) is 0.315. The first-order chi connectivity index (χ1) is 24.4. The number of amides is 1. The van der Waals surface area contributed by atoms with Crippen LogP contribution in [-0.2, 0) is 6.54 Å². The highest BCUT2D eigenvalue weighted by Crippen LogP contribution is 2.27. The van der Waals surface area contributed by atoms with E-state index in [1.165, 1.54) is 23.9 Å². The lowest BCUT2D eigenvalue weighted by atomic mass is 10.1. The lowest BCUT2D eigenvalue weighted by Gasteiger charge is -2.22. The van der Waals surface area contributed by atoms with E-state index in [1.54, 1.807) is 23.6 Å². The molecule has 0 aliphatic carbocycles. The van der Waals surface area contributed by atoms with Crippen LogP contribution < -0.4 is 41.4 Å². The molecule has 1 amide bonds. The molecule has 0 fully saturated rings. The van der Waals surface area contributed by atoms with Crippen molar-refractivity contribution in [3.63, 3.8) is 0 Å². The number of benzene rings is 3. The fourth-order valence-corrected chi connectivity index (χ4v) is 5.98. The van der Waals surface area contributed by atoms with Crippen LogP contribution in [0.25, 0.3) is 16.6 Å². The van der Waals surface area contributed by atoms with E-state index >= 15 is 0 Å². The predicted molar refractivity (Wildman–Crippen MR) is 193 cm³/mol. The predicted octanol–water partition coefficient (Wildman–Crippen LogP) is 5.83. The number of unbranched alkanes of at least 4 members (excludes halogenated alkanes) is 6. The Balaban J connectivity index is 0.00000583. The van der Waals surface area contributed by atoms with Gasteiger partial charge in [-0.15, -0.1) is 0 Å². The normalized spacial score (nSPS) is 10.9. The van der Waals surface area contributed by atoms with Gasteiger partial charge in [0.25, 0.3) is 5.91 Å². The second-order valence-corrected chi connectivity index (χ2v) is 12.4. The largest absolute Gasteiger partial charge is 1.00 e. The first-order valence-corrected chi connectivity index (χ1v) is 17.7. The van der Waals surface area contributed by atoms with E-state index in [0.717, 1.165) is 63.3 Å². The zero-order valence-corrected chi connectivity index (χ0v) is 30.9. The van der Waals surface area contributed by atoms with Crippen molar-refractivity contribution in [3.8, 4) is 17.2 Å². The van der Waals surface area contributed by atoms with Crippen molar-refractivity contribution in [2.24, 2.45) is 0 Å². The Labute approximate surface area is 309 Å². The summed E-state index contributed by atoms with van der Waals surface area (Å²) >= 11 is 0. The van der Waals surface area contributed by atoms with Crippen molar-refractivity contribution in [2.45, 2.75) is 71.8 Å². The second-order valence-electron chi connectivity index (χ2n) is 12.4. The monoisotopic (exact) mass is 761 g/mol. The van der Waals surface area contributed by atoms with Gasteiger partial charge in [-0.25, -0.2) is 13.3 Å². The molecule has 2 heterocycles. The number of ether oxygens (including phenoxy) is 2. The fraction of sp³-hybridized carbons (Fsp3) is 0.341. The van der Waals surface area contributed by atoms with Gasteiger partial charge in [0.1, 0.15) is 35.2 Å². The summed E-state index contributed by atoms with van der Waals surface area (Å²) in [6.07, 6.45) is 14.2. The molecule has 0 unspecified atom stereocenters. The minimum Gasteiger partial charge on any atom is -1.00 e. The van der Waals surface area contributed by atoms with E-state index < -0.39 is 23.0 Å². The third kappa shape index (κ3) is 10.7. The first kappa shape index (κ1) is 39.2. The number of carbonyl (C=O) groups excluding carboxylic acids is 1. The summed E-state index contributed by atoms with van der Waals surface area (Å²) < 4.78 is 44.4. The zero-order valence-electron chi connectivity index (χ0n) is 29.3. The van der Waals surface area contributed by atoms with Crippen molar-refractivity contribution in [1.29, 1.82) is 0 Å². The molecule has 10 heteroatoms. The molecule has 0 N–H and O–H groups in total. The van der Waals surface area contributed by atoms with E-state index in [2.05, 4.69) is 36.0 Å². The number of anilines is 1. The number of fused-ring (bicyclic) bond motifs is 1. The molecular formula is C41H46BrF2N3O4. The van der Waals surface area contributed by atoms with Crippen LogP contribution in [0.2, 0.25) is 0 Å². The Morgan fingerprint density at radius 1 is 0.765 bits per heavy atom. The number of rotatable bonds is 18. The van der Waals surface area contributed by atoms with Gasteiger partial charge in [-0.05, 0) is 62.6 Å². The summed E-state index contributed by atoms with van der Waals surface area (Å²) in [5.41, 5.74) is 0.662. The topological polar surface area (TPSA) is 64.6 Å². The lowest BCUT2D eigenvalue weighted by Crippen LogP contribution is -3.00. The van der Waals surface area contributed by atoms with E-state index in [1.807, 2.05) is 36.4 Å². The Hall–Kier alpha value is -4.57. The van der Waals surface area contributed by atoms with Crippen LogP contribution in [0.15, 0.2) is 102 Å². The molecule has 7 nitrogen and oxygen atoms in total. The highest BCUT2D eigenvalue weighted by atomic mass is 79.9. The van der Waals surface area contributed by atoms with Crippen LogP contribution in [0.1, 0.15) is 75.6 Å². The maximum Gasteiger partial charge on any atom is 0.263 e. The molecule has 0 atom stereocenters. The standard InChI is InChI=1S/C41H46F2N3O4.BrH/c1-3-5-23-49-35-17-15-16-33(28-35)46-30-38(41(48)45(4-2)34-26-31(42)25-32(43)27-34)40(47)37-19-18-36(29-39(37)46)50-24-14-9-7-6-8-11-20-44-21-12-10-13-22-44;/h10,12-13,15-19,21-22,25-30H,3-9,11,14,20,23-24H2,1-2H3;1H/q+1;/p-1. The van der Waals surface area contributed by atoms with Crippen LogP contribution in [-0.4, -0.2) is 30.2 Å². The van der Waals surface area contributed by atoms with Gasteiger partial charge in [0, 0.05) is 66.3 Å². The van der Waals surface area contributed by atoms with Gasteiger partial charge in [0.15, 0.2) is 12.4 Å². The van der Waals surface area contributed by atoms with Crippen LogP contribution in [0, 0.1) is 11.6 Å². The summed E-state index contributed by atoms with van der Waals surface area (Å²) in [7, 11) is 0. The molecule has 0 bridgehead atoms. The summed E-state index contributed by atoms with van der Waals surface area (Å²) in [4.78, 5) is 29.0. The third-order valence-corrected chi connectivity index (χ3v) is 8.65. The average Bonchev–Trinajstić information content (AvgIpc) is 3.11. The van der Waals surface area contributed by atoms with Gasteiger partial charge in [-0.2, -0.15) is 0 Å². The maximum atomic E-state index is 14.1. The van der Waals surface area contributed by atoms with Crippen LogP contribution in [0.5, 0.6) is 11.5 Å². The molecule has 2 aromatic heterocycles. The number of hydrogen-bond donors (Lipinski definition) is 0. The Kier molecular flexibility index (Phi) is 15.2. The molecule has 0 saturated carbocycles. The van der Waals surface area contributed by atoms with Crippen molar-refractivity contribution in [2.75, 3.05) is 24.7 Å². The van der Waals surface area contributed by atoms with Gasteiger partial charge < -0.3 is 35.9 Å². The number of nitrogens with zero attached hydrogens (tertiary/aromatic N) is 3. The van der Waals surface area contributed by atoms with Crippen molar-refractivity contribution < 1.29 is 44.6 Å². The maximum absolute atomic E-state index is 14.1. The fourth-order valence-electron chi connectivity index (χ4n) is 5.98. The summed E-state index contributed by atoms with van der Waals surface area (Å²) in [6.45, 7) is 6.02. The number of carbonyl (C=O) groups is 1. The van der Waals surface area contributed by atoms with Crippen molar-refractivity contribution >= 4 is 22.5 Å². The van der Waals surface area contributed by atoms with Crippen molar-refractivity contribution in [1.82, 2.24) is 4.57 Å². The number of aryl methyl sites for hydroxylation is 1. The van der Waals surface area contributed by atoms with Gasteiger partial charge in [-0.1, -0.05) is 44.7 Å². The Bertz CT molecular complexity index is 1920. The van der Waals surface area contributed by atoms with E-state index in [-0.39, 0.29) is 34.8 Å². The summed E-state index contributed by atoms with van der Waals surface area (Å²) in [6, 6.07) is 21.7. The lowest BCUT2D eigenvalue weighted by molar-refractivity contribution is -0.697. The zero-order chi connectivity index (χ0) is 35.3. The molecule has 5 aromatic rings. The highest BCUT2D eigenvalue weighted by molar-refractivity contribution is 6.07. The van der Waals surface area contributed by atoms with Gasteiger partial charge >= 0.3 is 0 Å². The molecule has 5 rings (SSSR count). The molecule has 0 aliphatic heterocycles. The molecular weight excluding hydrogens is 716 g/mol. The molecule has 51 heavy (non-hydrogen) atoms. The smallest absolute Gasteiger partial charge is 0.263 e. The average molecular weight is 763 g/mol. The highest BCUT2D eigenvalue weighted by Gasteiger charge is 2.23. The van der Waals surface area contributed by atoms with Crippen LogP contribution >= 0.6 is 0 Å². The second kappa shape index (κ2) is 19.7. The van der Waals surface area contributed by atoms with E-state index in [4.69, 9.17) is 9.47 Å². The molecule has 0 spiro atoms.